The Hall–Kier alpha value is -3.88. The minimum atomic E-state index is -1.04. The van der Waals surface area contributed by atoms with Gasteiger partial charge in [0.1, 0.15) is 23.3 Å². The van der Waals surface area contributed by atoms with Gasteiger partial charge in [-0.1, -0.05) is 17.7 Å². The number of nitrogens with one attached hydrogen (secondary N) is 1. The topological polar surface area (TPSA) is 87.8 Å². The zero-order valence-electron chi connectivity index (χ0n) is 20.9. The van der Waals surface area contributed by atoms with E-state index in [1.54, 1.807) is 18.3 Å². The molecule has 1 aliphatic heterocycles. The molecule has 2 aliphatic rings. The Morgan fingerprint density at radius 1 is 1.08 bits per heavy atom. The zero-order valence-corrected chi connectivity index (χ0v) is 22.5. The van der Waals surface area contributed by atoms with Crippen molar-refractivity contribution in [1.82, 2.24) is 10.3 Å². The first-order chi connectivity index (χ1) is 19.0. The Labute approximate surface area is 236 Å². The standard InChI is InChI=1S/C30H26ClN3O4S/c31-23-13-8-18(29(35)36)17-22(23)25-14-15-26(38-25)28-27(24-7-3-4-16-32-24)33-30(39)34(28)19-9-11-21(12-10-19)37-20-5-1-2-6-20/h3-4,7-17,20,27-28H,1-2,5-6H2,(H,33,39)(H,35,36)/t27-,28+/m1/s1. The van der Waals surface area contributed by atoms with Gasteiger partial charge in [-0.15, -0.1) is 0 Å². The maximum atomic E-state index is 11.5. The van der Waals surface area contributed by atoms with Gasteiger partial charge in [-0.3, -0.25) is 4.98 Å². The third-order valence-corrected chi connectivity index (χ3v) is 7.86. The molecule has 3 heterocycles. The van der Waals surface area contributed by atoms with E-state index in [4.69, 9.17) is 33.0 Å². The highest BCUT2D eigenvalue weighted by molar-refractivity contribution is 7.80. The molecule has 4 aromatic rings. The van der Waals surface area contributed by atoms with Crippen molar-refractivity contribution >= 4 is 40.6 Å². The van der Waals surface area contributed by atoms with Crippen molar-refractivity contribution in [2.75, 3.05) is 4.90 Å². The maximum absolute atomic E-state index is 11.5. The normalized spacial score (nSPS) is 19.3. The number of rotatable bonds is 7. The molecular weight excluding hydrogens is 534 g/mol. The van der Waals surface area contributed by atoms with Gasteiger partial charge in [0.25, 0.3) is 0 Å². The van der Waals surface area contributed by atoms with Crippen LogP contribution in [-0.4, -0.2) is 27.3 Å². The molecule has 0 bridgehead atoms. The lowest BCUT2D eigenvalue weighted by Gasteiger charge is -2.26. The Morgan fingerprint density at radius 2 is 1.87 bits per heavy atom. The van der Waals surface area contributed by atoms with Gasteiger partial charge in [-0.05, 0) is 105 Å². The molecule has 0 unspecified atom stereocenters. The second-order valence-corrected chi connectivity index (χ2v) is 10.5. The molecule has 0 spiro atoms. The van der Waals surface area contributed by atoms with E-state index in [2.05, 4.69) is 10.3 Å². The van der Waals surface area contributed by atoms with Gasteiger partial charge >= 0.3 is 5.97 Å². The van der Waals surface area contributed by atoms with Crippen LogP contribution in [0.5, 0.6) is 5.75 Å². The first-order valence-electron chi connectivity index (χ1n) is 12.9. The lowest BCUT2D eigenvalue weighted by atomic mass is 10.0. The van der Waals surface area contributed by atoms with Crippen molar-refractivity contribution in [3.63, 3.8) is 0 Å². The first kappa shape index (κ1) is 25.4. The Bertz CT molecular complexity index is 1500. The third kappa shape index (κ3) is 5.10. The van der Waals surface area contributed by atoms with E-state index in [0.717, 1.165) is 30.0 Å². The highest BCUT2D eigenvalue weighted by Gasteiger charge is 2.42. The van der Waals surface area contributed by atoms with Crippen LogP contribution < -0.4 is 15.0 Å². The summed E-state index contributed by atoms with van der Waals surface area (Å²) < 4.78 is 12.5. The lowest BCUT2D eigenvalue weighted by Crippen LogP contribution is -2.29. The van der Waals surface area contributed by atoms with Gasteiger partial charge < -0.3 is 24.5 Å². The molecule has 2 fully saturated rings. The summed E-state index contributed by atoms with van der Waals surface area (Å²) in [5, 5.41) is 13.8. The van der Waals surface area contributed by atoms with Crippen LogP contribution in [0.15, 0.2) is 83.4 Å². The summed E-state index contributed by atoms with van der Waals surface area (Å²) in [5.74, 6) is 0.911. The lowest BCUT2D eigenvalue weighted by molar-refractivity contribution is 0.0697. The van der Waals surface area contributed by atoms with Crippen molar-refractivity contribution in [2.24, 2.45) is 0 Å². The highest BCUT2D eigenvalue weighted by atomic mass is 35.5. The summed E-state index contributed by atoms with van der Waals surface area (Å²) in [7, 11) is 0. The van der Waals surface area contributed by atoms with E-state index >= 15 is 0 Å². The van der Waals surface area contributed by atoms with E-state index in [9.17, 15) is 9.90 Å². The number of furan rings is 1. The van der Waals surface area contributed by atoms with Crippen molar-refractivity contribution < 1.29 is 19.1 Å². The van der Waals surface area contributed by atoms with Crippen LogP contribution in [0.1, 0.15) is 59.6 Å². The quantitative estimate of drug-likeness (QED) is 0.230. The van der Waals surface area contributed by atoms with E-state index in [-0.39, 0.29) is 23.8 Å². The molecule has 2 atom stereocenters. The number of hydrogen-bond donors (Lipinski definition) is 2. The van der Waals surface area contributed by atoms with E-state index < -0.39 is 5.97 Å². The van der Waals surface area contributed by atoms with Gasteiger partial charge in [-0.25, -0.2) is 4.79 Å². The minimum absolute atomic E-state index is 0.129. The maximum Gasteiger partial charge on any atom is 0.335 e. The molecule has 2 N–H and O–H groups in total. The molecule has 7 nitrogen and oxygen atoms in total. The number of aromatic carboxylic acids is 1. The van der Waals surface area contributed by atoms with Gasteiger partial charge in [0, 0.05) is 17.4 Å². The van der Waals surface area contributed by atoms with Gasteiger partial charge in [0.05, 0.1) is 28.4 Å². The number of carboxylic acid groups (broad SMARTS) is 1. The summed E-state index contributed by atoms with van der Waals surface area (Å²) >= 11 is 12.3. The minimum Gasteiger partial charge on any atom is -0.490 e. The number of nitrogens with zero attached hydrogens (tertiary/aromatic N) is 2. The number of carbonyl (C=O) groups is 1. The van der Waals surface area contributed by atoms with Crippen LogP contribution in [0, 0.1) is 0 Å². The SMILES string of the molecule is O=C(O)c1ccc(Cl)c(-c2ccc([C@H]3[C@@H](c4ccccn4)NC(=S)N3c3ccc(OC4CCCC4)cc3)o2)c1. The van der Waals surface area contributed by atoms with Crippen LogP contribution in [0.25, 0.3) is 11.3 Å². The molecule has 0 radical (unpaired) electrons. The van der Waals surface area contributed by atoms with Gasteiger partial charge in [0.15, 0.2) is 5.11 Å². The number of pyridine rings is 1. The van der Waals surface area contributed by atoms with Crippen molar-refractivity contribution in [2.45, 2.75) is 43.9 Å². The summed E-state index contributed by atoms with van der Waals surface area (Å²) in [5.41, 5.74) is 2.34. The van der Waals surface area contributed by atoms with Crippen LogP contribution in [0.4, 0.5) is 5.69 Å². The Kier molecular flexibility index (Phi) is 6.97. The summed E-state index contributed by atoms with van der Waals surface area (Å²) in [6.07, 6.45) is 6.64. The molecule has 2 aromatic carbocycles. The average Bonchev–Trinajstić information content (AvgIpc) is 3.70. The number of carboxylic acids is 1. The fraction of sp³-hybridized carbons (Fsp3) is 0.233. The van der Waals surface area contributed by atoms with Crippen LogP contribution >= 0.6 is 23.8 Å². The molecule has 39 heavy (non-hydrogen) atoms. The molecular formula is C30H26ClN3O4S. The smallest absolute Gasteiger partial charge is 0.335 e. The predicted octanol–water partition coefficient (Wildman–Crippen LogP) is 7.19. The number of anilines is 1. The van der Waals surface area contributed by atoms with Crippen LogP contribution in [0.2, 0.25) is 5.02 Å². The Balaban J connectivity index is 1.37. The Morgan fingerprint density at radius 3 is 2.59 bits per heavy atom. The van der Waals surface area contributed by atoms with Crippen molar-refractivity contribution in [3.05, 3.63) is 101 Å². The first-order valence-corrected chi connectivity index (χ1v) is 13.7. The molecule has 6 rings (SSSR count). The van der Waals surface area contributed by atoms with E-state index in [1.165, 1.54) is 25.0 Å². The van der Waals surface area contributed by atoms with Crippen molar-refractivity contribution in [3.8, 4) is 17.1 Å². The summed E-state index contributed by atoms with van der Waals surface area (Å²) in [4.78, 5) is 18.2. The van der Waals surface area contributed by atoms with Gasteiger partial charge in [0.2, 0.25) is 0 Å². The third-order valence-electron chi connectivity index (χ3n) is 7.21. The average molecular weight is 560 g/mol. The van der Waals surface area contributed by atoms with Crippen LogP contribution in [0.3, 0.4) is 0 Å². The molecule has 1 saturated heterocycles. The molecule has 198 valence electrons. The van der Waals surface area contributed by atoms with Crippen molar-refractivity contribution in [1.29, 1.82) is 0 Å². The second kappa shape index (κ2) is 10.7. The fourth-order valence-corrected chi connectivity index (χ4v) is 5.87. The summed E-state index contributed by atoms with van der Waals surface area (Å²) in [6, 6.07) is 21.3. The van der Waals surface area contributed by atoms with Crippen LogP contribution in [-0.2, 0) is 0 Å². The number of halogens is 1. The number of hydrogen-bond acceptors (Lipinski definition) is 5. The highest BCUT2D eigenvalue weighted by Crippen LogP contribution is 2.44. The molecule has 1 aliphatic carbocycles. The zero-order chi connectivity index (χ0) is 26.9. The number of ether oxygens (including phenoxy) is 1. The molecule has 0 amide bonds. The van der Waals surface area contributed by atoms with Gasteiger partial charge in [-0.2, -0.15) is 0 Å². The summed E-state index contributed by atoms with van der Waals surface area (Å²) in [6.45, 7) is 0. The van der Waals surface area contributed by atoms with E-state index in [0.29, 0.717) is 27.2 Å². The second-order valence-electron chi connectivity index (χ2n) is 9.72. The fourth-order valence-electron chi connectivity index (χ4n) is 5.31. The molecule has 9 heteroatoms. The number of thiocarbonyl (C=S) groups is 1. The number of aromatic nitrogens is 1. The molecule has 2 aromatic heterocycles. The largest absolute Gasteiger partial charge is 0.490 e. The van der Waals surface area contributed by atoms with E-state index in [1.807, 2.05) is 53.4 Å². The predicted molar refractivity (Wildman–Crippen MR) is 153 cm³/mol. The molecule has 1 saturated carbocycles. The monoisotopic (exact) mass is 559 g/mol. The number of benzene rings is 2.